The van der Waals surface area contributed by atoms with Crippen LogP contribution in [-0.2, 0) is 0 Å². The van der Waals surface area contributed by atoms with Crippen molar-refractivity contribution >= 4 is 16.8 Å². The monoisotopic (exact) mass is 360 g/mol. The molecule has 7 heteroatoms. The van der Waals surface area contributed by atoms with Gasteiger partial charge in [-0.1, -0.05) is 41.6 Å². The van der Waals surface area contributed by atoms with E-state index in [1.54, 1.807) is 31.2 Å². The molecule has 1 atom stereocenters. The first-order valence-electron chi connectivity index (χ1n) is 8.40. The van der Waals surface area contributed by atoms with Gasteiger partial charge in [0.1, 0.15) is 6.04 Å². The van der Waals surface area contributed by atoms with Crippen molar-refractivity contribution in [3.63, 3.8) is 0 Å². The fourth-order valence-corrected chi connectivity index (χ4v) is 2.96. The van der Waals surface area contributed by atoms with Crippen LogP contribution in [0.15, 0.2) is 70.0 Å². The predicted molar refractivity (Wildman–Crippen MR) is 99.4 cm³/mol. The molecular formula is C20H16N4O3. The molecule has 0 bridgehead atoms. The minimum atomic E-state index is -0.585. The topological polar surface area (TPSA) is 101 Å². The number of hydrogen-bond acceptors (Lipinski definition) is 5. The summed E-state index contributed by atoms with van der Waals surface area (Å²) in [6, 6.07) is 17.0. The number of rotatable bonds is 4. The van der Waals surface area contributed by atoms with Crippen LogP contribution in [0.5, 0.6) is 0 Å². The Balaban J connectivity index is 1.74. The van der Waals surface area contributed by atoms with Gasteiger partial charge < -0.3 is 14.8 Å². The van der Waals surface area contributed by atoms with Crippen LogP contribution in [0.3, 0.4) is 0 Å². The molecule has 0 radical (unpaired) electrons. The molecule has 2 aromatic heterocycles. The number of carbonyl (C=O) groups is 1. The lowest BCUT2D eigenvalue weighted by atomic mass is 10.0. The Morgan fingerprint density at radius 3 is 2.63 bits per heavy atom. The predicted octanol–water partition coefficient (Wildman–Crippen LogP) is 2.74. The van der Waals surface area contributed by atoms with Crippen LogP contribution >= 0.6 is 0 Å². The Bertz CT molecular complexity index is 1160. The zero-order valence-corrected chi connectivity index (χ0v) is 14.5. The highest BCUT2D eigenvalue weighted by molar-refractivity contribution is 6.06. The molecule has 0 saturated carbocycles. The van der Waals surface area contributed by atoms with Crippen molar-refractivity contribution in [3.8, 4) is 0 Å². The lowest BCUT2D eigenvalue weighted by Gasteiger charge is -2.16. The highest BCUT2D eigenvalue weighted by atomic mass is 16.5. The van der Waals surface area contributed by atoms with Gasteiger partial charge in [-0.2, -0.15) is 4.98 Å². The lowest BCUT2D eigenvalue weighted by Crippen LogP contribution is -2.29. The van der Waals surface area contributed by atoms with E-state index in [9.17, 15) is 9.59 Å². The summed E-state index contributed by atoms with van der Waals surface area (Å²) in [5.74, 6) is 0.487. The number of aromatic nitrogens is 3. The maximum atomic E-state index is 13.0. The number of aromatic amines is 1. The first kappa shape index (κ1) is 16.7. The fraction of sp³-hybridized carbons (Fsp3) is 0.100. The molecule has 0 aliphatic heterocycles. The zero-order chi connectivity index (χ0) is 18.8. The van der Waals surface area contributed by atoms with E-state index in [1.165, 1.54) is 6.07 Å². The van der Waals surface area contributed by atoms with Crippen molar-refractivity contribution in [2.75, 3.05) is 0 Å². The van der Waals surface area contributed by atoms with Gasteiger partial charge in [-0.15, -0.1) is 0 Å². The van der Waals surface area contributed by atoms with Crippen molar-refractivity contribution in [2.24, 2.45) is 0 Å². The number of nitrogens with one attached hydrogen (secondary N) is 2. The van der Waals surface area contributed by atoms with Gasteiger partial charge in [0.2, 0.25) is 5.56 Å². The highest BCUT2D eigenvalue weighted by Gasteiger charge is 2.24. The molecule has 27 heavy (non-hydrogen) atoms. The van der Waals surface area contributed by atoms with Crippen molar-refractivity contribution in [3.05, 3.63) is 93.9 Å². The summed E-state index contributed by atoms with van der Waals surface area (Å²) in [6.45, 7) is 1.72. The normalized spacial score (nSPS) is 12.0. The molecule has 4 aromatic rings. The molecule has 0 fully saturated rings. The fourth-order valence-electron chi connectivity index (χ4n) is 2.96. The number of amides is 1. The molecule has 0 spiro atoms. The summed E-state index contributed by atoms with van der Waals surface area (Å²) in [7, 11) is 0. The average molecular weight is 360 g/mol. The van der Waals surface area contributed by atoms with Crippen LogP contribution in [0.4, 0.5) is 0 Å². The van der Waals surface area contributed by atoms with Crippen molar-refractivity contribution in [2.45, 2.75) is 13.0 Å². The molecular weight excluding hydrogens is 344 g/mol. The van der Waals surface area contributed by atoms with Crippen LogP contribution in [0.25, 0.3) is 10.9 Å². The third-order valence-electron chi connectivity index (χ3n) is 4.21. The minimum Gasteiger partial charge on any atom is -0.337 e. The third-order valence-corrected chi connectivity index (χ3v) is 4.21. The molecule has 7 nitrogen and oxygen atoms in total. The van der Waals surface area contributed by atoms with Gasteiger partial charge in [-0.3, -0.25) is 9.59 Å². The summed E-state index contributed by atoms with van der Waals surface area (Å²) >= 11 is 0. The van der Waals surface area contributed by atoms with Gasteiger partial charge in [0.15, 0.2) is 5.82 Å². The van der Waals surface area contributed by atoms with E-state index < -0.39 is 6.04 Å². The summed E-state index contributed by atoms with van der Waals surface area (Å²) in [5, 5.41) is 7.44. The molecule has 0 aliphatic carbocycles. The van der Waals surface area contributed by atoms with Crippen molar-refractivity contribution in [1.82, 2.24) is 20.4 Å². The van der Waals surface area contributed by atoms with Crippen LogP contribution in [0, 0.1) is 6.92 Å². The number of benzene rings is 2. The Labute approximate surface area is 154 Å². The van der Waals surface area contributed by atoms with Crippen LogP contribution < -0.4 is 10.9 Å². The molecule has 2 heterocycles. The molecule has 0 aliphatic rings. The molecule has 2 N–H and O–H groups in total. The lowest BCUT2D eigenvalue weighted by molar-refractivity contribution is 0.0938. The first-order chi connectivity index (χ1) is 13.1. The van der Waals surface area contributed by atoms with Gasteiger partial charge in [-0.25, -0.2) is 0 Å². The van der Waals surface area contributed by atoms with E-state index >= 15 is 0 Å². The van der Waals surface area contributed by atoms with Gasteiger partial charge in [-0.05, 0) is 30.7 Å². The standard InChI is InChI=1S/C20H16N4O3/c1-12-21-20(27-24-12)18(13-6-3-2-4-7-13)23-19(26)15-8-5-9-16-14(15)10-11-17(25)22-16/h2-11,18H,1H3,(H,22,25)(H,23,26). The van der Waals surface area contributed by atoms with E-state index in [0.717, 1.165) is 5.56 Å². The van der Waals surface area contributed by atoms with E-state index in [0.29, 0.717) is 28.2 Å². The Morgan fingerprint density at radius 2 is 1.89 bits per heavy atom. The average Bonchev–Trinajstić information content (AvgIpc) is 3.12. The van der Waals surface area contributed by atoms with E-state index in [4.69, 9.17) is 4.52 Å². The quantitative estimate of drug-likeness (QED) is 0.583. The molecule has 4 rings (SSSR count). The second-order valence-corrected chi connectivity index (χ2v) is 6.09. The SMILES string of the molecule is Cc1noc(C(NC(=O)c2cccc3[nH]c(=O)ccc23)c2ccccc2)n1. The summed E-state index contributed by atoms with van der Waals surface area (Å²) in [6.07, 6.45) is 0. The van der Waals surface area contributed by atoms with Gasteiger partial charge in [0, 0.05) is 22.5 Å². The molecule has 134 valence electrons. The van der Waals surface area contributed by atoms with Gasteiger partial charge >= 0.3 is 0 Å². The van der Waals surface area contributed by atoms with Crippen LogP contribution in [0.1, 0.15) is 33.7 Å². The largest absolute Gasteiger partial charge is 0.337 e. The van der Waals surface area contributed by atoms with E-state index in [1.807, 2.05) is 30.3 Å². The maximum absolute atomic E-state index is 13.0. The number of hydrogen-bond donors (Lipinski definition) is 2. The zero-order valence-electron chi connectivity index (χ0n) is 14.5. The van der Waals surface area contributed by atoms with Crippen LogP contribution in [0.2, 0.25) is 0 Å². The summed E-state index contributed by atoms with van der Waals surface area (Å²) in [4.78, 5) is 31.5. The maximum Gasteiger partial charge on any atom is 0.253 e. The number of H-pyrrole nitrogens is 1. The van der Waals surface area contributed by atoms with Crippen molar-refractivity contribution in [1.29, 1.82) is 0 Å². The summed E-state index contributed by atoms with van der Waals surface area (Å²) < 4.78 is 5.30. The second-order valence-electron chi connectivity index (χ2n) is 6.09. The van der Waals surface area contributed by atoms with Crippen molar-refractivity contribution < 1.29 is 9.32 Å². The third kappa shape index (κ3) is 3.35. The number of fused-ring (bicyclic) bond motifs is 1. The molecule has 1 amide bonds. The molecule has 2 aromatic carbocycles. The number of carbonyl (C=O) groups excluding carboxylic acids is 1. The number of pyridine rings is 1. The smallest absolute Gasteiger partial charge is 0.253 e. The molecule has 0 saturated heterocycles. The Hall–Kier alpha value is -3.74. The summed E-state index contributed by atoms with van der Waals surface area (Å²) in [5.41, 5.74) is 1.65. The second kappa shape index (κ2) is 6.87. The van der Waals surface area contributed by atoms with E-state index in [2.05, 4.69) is 20.4 Å². The van der Waals surface area contributed by atoms with Gasteiger partial charge in [0.05, 0.1) is 0 Å². The minimum absolute atomic E-state index is 0.219. The molecule has 1 unspecified atom stereocenters. The van der Waals surface area contributed by atoms with Gasteiger partial charge in [0.25, 0.3) is 11.8 Å². The first-order valence-corrected chi connectivity index (χ1v) is 8.40. The number of aryl methyl sites for hydroxylation is 1. The van der Waals surface area contributed by atoms with Crippen LogP contribution in [-0.4, -0.2) is 21.0 Å². The van der Waals surface area contributed by atoms with E-state index in [-0.39, 0.29) is 11.5 Å². The Morgan fingerprint density at radius 1 is 1.07 bits per heavy atom. The Kier molecular flexibility index (Phi) is 4.25. The number of nitrogens with zero attached hydrogens (tertiary/aromatic N) is 2. The highest BCUT2D eigenvalue weighted by Crippen LogP contribution is 2.22.